The maximum Gasteiger partial charge on any atom is 0.410 e. The molecule has 1 aliphatic rings. The molecule has 0 saturated heterocycles. The van der Waals surface area contributed by atoms with Crippen LogP contribution in [0.3, 0.4) is 0 Å². The van der Waals surface area contributed by atoms with Crippen molar-refractivity contribution in [3.63, 3.8) is 0 Å². The summed E-state index contributed by atoms with van der Waals surface area (Å²) in [5.74, 6) is -3.43. The van der Waals surface area contributed by atoms with Crippen molar-refractivity contribution in [2.45, 2.75) is 52.3 Å². The zero-order chi connectivity index (χ0) is 33.5. The SMILES string of the molecule is C[C@@H]1c2cc(-c3nc(-c4ccc5cn(C)nc5c4)c4scc(F)c4c3-c3c(O)cc(F)cc3F)nn2[C@@H](C)CN1C(=O)OC(C)(C)C. The molecule has 5 heterocycles. The number of nitrogens with zero attached hydrogens (tertiary/aromatic N) is 6. The summed E-state index contributed by atoms with van der Waals surface area (Å²) in [6.45, 7) is 9.45. The lowest BCUT2D eigenvalue weighted by molar-refractivity contribution is 0.00865. The van der Waals surface area contributed by atoms with E-state index in [2.05, 4.69) is 5.10 Å². The van der Waals surface area contributed by atoms with Crippen molar-refractivity contribution in [2.75, 3.05) is 6.54 Å². The van der Waals surface area contributed by atoms with Crippen LogP contribution in [-0.4, -0.2) is 52.8 Å². The molecular weight excluding hydrogens is 629 g/mol. The Labute approximate surface area is 271 Å². The number of phenolic OH excluding ortho intramolecular Hbond substituents is 1. The number of pyridine rings is 1. The van der Waals surface area contributed by atoms with E-state index in [0.717, 1.165) is 22.8 Å². The van der Waals surface area contributed by atoms with Gasteiger partial charge in [-0.1, -0.05) is 12.1 Å². The number of amides is 1. The molecule has 1 amide bonds. The first-order valence-corrected chi connectivity index (χ1v) is 15.9. The van der Waals surface area contributed by atoms with Gasteiger partial charge in [0, 0.05) is 59.2 Å². The van der Waals surface area contributed by atoms with Gasteiger partial charge in [-0.25, -0.2) is 22.9 Å². The van der Waals surface area contributed by atoms with Gasteiger partial charge in [0.2, 0.25) is 0 Å². The van der Waals surface area contributed by atoms with E-state index < -0.39 is 46.5 Å². The highest BCUT2D eigenvalue weighted by molar-refractivity contribution is 7.17. The van der Waals surface area contributed by atoms with Crippen molar-refractivity contribution in [2.24, 2.45) is 7.05 Å². The third kappa shape index (κ3) is 5.18. The molecule has 13 heteroatoms. The van der Waals surface area contributed by atoms with E-state index in [1.807, 2.05) is 45.3 Å². The number of rotatable bonds is 3. The maximum absolute atomic E-state index is 15.9. The van der Waals surface area contributed by atoms with Gasteiger partial charge in [-0.3, -0.25) is 14.3 Å². The Morgan fingerprint density at radius 2 is 1.79 bits per heavy atom. The second-order valence-electron chi connectivity index (χ2n) is 12.9. The summed E-state index contributed by atoms with van der Waals surface area (Å²) in [7, 11) is 1.81. The molecule has 1 N–H and O–H groups in total. The average Bonchev–Trinajstić information content (AvgIpc) is 3.69. The average molecular weight is 661 g/mol. The third-order valence-electron chi connectivity index (χ3n) is 8.26. The van der Waals surface area contributed by atoms with Crippen LogP contribution in [-0.2, 0) is 11.8 Å². The van der Waals surface area contributed by atoms with Gasteiger partial charge in [-0.15, -0.1) is 11.3 Å². The molecule has 9 nitrogen and oxygen atoms in total. The van der Waals surface area contributed by atoms with Crippen molar-refractivity contribution < 1.29 is 27.8 Å². The first-order chi connectivity index (χ1) is 22.2. The fourth-order valence-electron chi connectivity index (χ4n) is 6.22. The predicted molar refractivity (Wildman–Crippen MR) is 174 cm³/mol. The Bertz CT molecular complexity index is 2210. The fraction of sp³-hybridized carbons (Fsp3) is 0.294. The third-order valence-corrected chi connectivity index (χ3v) is 9.22. The van der Waals surface area contributed by atoms with Crippen LogP contribution in [0.4, 0.5) is 18.0 Å². The molecule has 0 saturated carbocycles. The van der Waals surface area contributed by atoms with E-state index in [0.29, 0.717) is 39.8 Å². The van der Waals surface area contributed by atoms with Crippen LogP contribution in [0.5, 0.6) is 5.75 Å². The van der Waals surface area contributed by atoms with Crippen molar-refractivity contribution in [1.29, 1.82) is 0 Å². The molecule has 0 spiro atoms. The second kappa shape index (κ2) is 10.8. The van der Waals surface area contributed by atoms with E-state index in [1.54, 1.807) is 41.1 Å². The molecule has 0 fully saturated rings. The summed E-state index contributed by atoms with van der Waals surface area (Å²) in [6, 6.07) is 7.98. The minimum Gasteiger partial charge on any atom is -0.507 e. The van der Waals surface area contributed by atoms with Crippen LogP contribution < -0.4 is 0 Å². The van der Waals surface area contributed by atoms with Crippen molar-refractivity contribution in [3.05, 3.63) is 71.1 Å². The van der Waals surface area contributed by atoms with Crippen molar-refractivity contribution in [3.8, 4) is 39.5 Å². The fourth-order valence-corrected chi connectivity index (χ4v) is 7.15. The van der Waals surface area contributed by atoms with Crippen LogP contribution in [0.15, 0.2) is 48.0 Å². The lowest BCUT2D eigenvalue weighted by atomic mass is 9.94. The Balaban J connectivity index is 1.49. The minimum absolute atomic E-state index is 0.0133. The monoisotopic (exact) mass is 660 g/mol. The van der Waals surface area contributed by atoms with Crippen LogP contribution in [0.25, 0.3) is 54.8 Å². The predicted octanol–water partition coefficient (Wildman–Crippen LogP) is 8.38. The summed E-state index contributed by atoms with van der Waals surface area (Å²) in [5.41, 5.74) is 1.59. The molecule has 1 aliphatic heterocycles. The van der Waals surface area contributed by atoms with Gasteiger partial charge in [0.15, 0.2) is 0 Å². The number of hydrogen-bond acceptors (Lipinski definition) is 7. The molecule has 4 aromatic heterocycles. The van der Waals surface area contributed by atoms with Gasteiger partial charge in [-0.2, -0.15) is 10.2 Å². The molecule has 7 rings (SSSR count). The van der Waals surface area contributed by atoms with E-state index in [1.165, 1.54) is 5.38 Å². The first kappa shape index (κ1) is 30.7. The molecule has 242 valence electrons. The highest BCUT2D eigenvalue weighted by Gasteiger charge is 2.37. The minimum atomic E-state index is -1.08. The summed E-state index contributed by atoms with van der Waals surface area (Å²) in [5, 5.41) is 22.5. The number of aromatic hydroxyl groups is 1. The number of carbonyl (C=O) groups excluding carboxylic acids is 1. The van der Waals surface area contributed by atoms with Crippen LogP contribution in [0.2, 0.25) is 0 Å². The molecular formula is C34H31F3N6O3S. The van der Waals surface area contributed by atoms with E-state index >= 15 is 8.78 Å². The molecule has 2 aromatic carbocycles. The van der Waals surface area contributed by atoms with Gasteiger partial charge in [0.05, 0.1) is 39.3 Å². The number of aromatic nitrogens is 5. The summed E-state index contributed by atoms with van der Waals surface area (Å²) in [6.07, 6.45) is 1.40. The number of benzene rings is 2. The van der Waals surface area contributed by atoms with Gasteiger partial charge < -0.3 is 9.84 Å². The Morgan fingerprint density at radius 3 is 2.51 bits per heavy atom. The number of hydrogen-bond donors (Lipinski definition) is 1. The van der Waals surface area contributed by atoms with E-state index in [4.69, 9.17) is 14.8 Å². The zero-order valence-electron chi connectivity index (χ0n) is 26.5. The Morgan fingerprint density at radius 1 is 1.02 bits per heavy atom. The zero-order valence-corrected chi connectivity index (χ0v) is 27.3. The Kier molecular flexibility index (Phi) is 7.08. The highest BCUT2D eigenvalue weighted by atomic mass is 32.1. The Hall–Kier alpha value is -4.91. The number of aryl methyl sites for hydroxylation is 1. The molecule has 0 bridgehead atoms. The number of carbonyl (C=O) groups is 1. The molecule has 2 atom stereocenters. The largest absolute Gasteiger partial charge is 0.507 e. The number of halogens is 3. The van der Waals surface area contributed by atoms with Gasteiger partial charge in [0.1, 0.15) is 40.2 Å². The van der Waals surface area contributed by atoms with Crippen LogP contribution in [0.1, 0.15) is 52.4 Å². The molecule has 6 aromatic rings. The standard InChI is InChI=1S/C34H31F3N6O3S/c1-16-13-42(33(45)46-34(3,4)5)17(2)25-12-24(40-43(16)25)31-29(27-21(36)10-20(35)11-26(27)44)28-22(37)15-47-32(28)30(38-31)18-7-8-19-14-41(6)39-23(19)9-18/h7-12,14-17,44H,13H2,1-6H3/t16-,17+/m0/s1. The number of phenols is 1. The number of thiophene rings is 1. The lowest BCUT2D eigenvalue weighted by Crippen LogP contribution is -2.45. The van der Waals surface area contributed by atoms with Gasteiger partial charge in [-0.05, 0) is 46.8 Å². The van der Waals surface area contributed by atoms with Crippen molar-refractivity contribution >= 4 is 38.4 Å². The molecule has 0 unspecified atom stereocenters. The summed E-state index contributed by atoms with van der Waals surface area (Å²) >= 11 is 1.08. The number of fused-ring (bicyclic) bond motifs is 3. The molecule has 47 heavy (non-hydrogen) atoms. The first-order valence-electron chi connectivity index (χ1n) is 15.0. The maximum atomic E-state index is 15.9. The normalized spacial score (nSPS) is 16.7. The van der Waals surface area contributed by atoms with E-state index in [-0.39, 0.29) is 28.4 Å². The van der Waals surface area contributed by atoms with Gasteiger partial charge in [0.25, 0.3) is 0 Å². The molecule has 0 radical (unpaired) electrons. The van der Waals surface area contributed by atoms with Crippen LogP contribution >= 0.6 is 11.3 Å². The topological polar surface area (TPSA) is 98.3 Å². The van der Waals surface area contributed by atoms with E-state index in [9.17, 15) is 14.3 Å². The lowest BCUT2D eigenvalue weighted by Gasteiger charge is -2.38. The summed E-state index contributed by atoms with van der Waals surface area (Å²) < 4.78 is 55.3. The highest BCUT2D eigenvalue weighted by Crippen LogP contribution is 2.48. The number of ether oxygens (including phenoxy) is 1. The van der Waals surface area contributed by atoms with Crippen LogP contribution in [0, 0.1) is 17.5 Å². The smallest absolute Gasteiger partial charge is 0.410 e. The summed E-state index contributed by atoms with van der Waals surface area (Å²) in [4.78, 5) is 19.8. The quantitative estimate of drug-likeness (QED) is 0.205. The second-order valence-corrected chi connectivity index (χ2v) is 13.8. The van der Waals surface area contributed by atoms with Gasteiger partial charge >= 0.3 is 6.09 Å². The van der Waals surface area contributed by atoms with Crippen molar-refractivity contribution in [1.82, 2.24) is 29.4 Å². The molecule has 0 aliphatic carbocycles.